The lowest BCUT2D eigenvalue weighted by molar-refractivity contribution is -0.140. The number of aromatic amines is 1. The van der Waals surface area contributed by atoms with Crippen molar-refractivity contribution >= 4 is 28.6 Å². The summed E-state index contributed by atoms with van der Waals surface area (Å²) < 4.78 is 10.8. The minimum Gasteiger partial charge on any atom is -0.462 e. The first-order chi connectivity index (χ1) is 10.7. The first-order valence-corrected chi connectivity index (χ1v) is 7.86. The normalized spacial score (nSPS) is 21.4. The van der Waals surface area contributed by atoms with Gasteiger partial charge >= 0.3 is 5.97 Å². The van der Waals surface area contributed by atoms with Crippen LogP contribution in [0, 0.1) is 0 Å². The quantitative estimate of drug-likeness (QED) is 0.748. The number of aromatic nitrogens is 3. The summed E-state index contributed by atoms with van der Waals surface area (Å²) in [4.78, 5) is 14.8. The Morgan fingerprint density at radius 3 is 3.00 bits per heavy atom. The van der Waals surface area contributed by atoms with Crippen molar-refractivity contribution in [2.45, 2.75) is 29.9 Å². The zero-order valence-corrected chi connectivity index (χ0v) is 12.6. The number of benzene rings is 1. The van der Waals surface area contributed by atoms with Gasteiger partial charge in [0.25, 0.3) is 11.1 Å². The van der Waals surface area contributed by atoms with Crippen molar-refractivity contribution in [3.8, 4) is 11.5 Å². The van der Waals surface area contributed by atoms with Crippen LogP contribution in [0.25, 0.3) is 22.4 Å². The van der Waals surface area contributed by atoms with E-state index in [0.717, 1.165) is 16.5 Å². The highest BCUT2D eigenvalue weighted by molar-refractivity contribution is 8.00. The molecule has 3 heterocycles. The molecule has 2 atom stereocenters. The molecule has 1 aromatic carbocycles. The van der Waals surface area contributed by atoms with Gasteiger partial charge in [-0.2, -0.15) is 0 Å². The summed E-state index contributed by atoms with van der Waals surface area (Å²) in [6.07, 6.45) is 2.45. The maximum atomic E-state index is 11.7. The number of para-hydroxylation sites is 1. The van der Waals surface area contributed by atoms with Gasteiger partial charge < -0.3 is 14.1 Å². The van der Waals surface area contributed by atoms with Crippen LogP contribution in [-0.4, -0.2) is 32.5 Å². The van der Waals surface area contributed by atoms with E-state index in [-0.39, 0.29) is 17.3 Å². The number of cyclic esters (lactones) is 1. The summed E-state index contributed by atoms with van der Waals surface area (Å²) >= 11 is 1.26. The van der Waals surface area contributed by atoms with Gasteiger partial charge in [0.15, 0.2) is 0 Å². The van der Waals surface area contributed by atoms with Crippen molar-refractivity contribution in [3.05, 3.63) is 30.5 Å². The Hall–Kier alpha value is -2.28. The Morgan fingerprint density at radius 2 is 2.18 bits per heavy atom. The topological polar surface area (TPSA) is 81.0 Å². The third-order valence-corrected chi connectivity index (χ3v) is 4.63. The lowest BCUT2D eigenvalue weighted by Gasteiger charge is -1.99. The molecular formula is C15H13N3O3S. The molecule has 0 spiro atoms. The van der Waals surface area contributed by atoms with E-state index in [1.807, 2.05) is 37.4 Å². The summed E-state index contributed by atoms with van der Waals surface area (Å²) in [6.45, 7) is 1.88. The molecule has 1 fully saturated rings. The predicted octanol–water partition coefficient (Wildman–Crippen LogP) is 3.01. The van der Waals surface area contributed by atoms with E-state index in [9.17, 15) is 4.79 Å². The number of H-pyrrole nitrogens is 1. The molecule has 112 valence electrons. The fraction of sp³-hybridized carbons (Fsp3) is 0.267. The van der Waals surface area contributed by atoms with E-state index >= 15 is 0 Å². The minimum atomic E-state index is -0.272. The molecule has 0 aliphatic carbocycles. The lowest BCUT2D eigenvalue weighted by atomic mass is 10.2. The molecule has 1 N–H and O–H groups in total. The Labute approximate surface area is 130 Å². The molecule has 7 heteroatoms. The minimum absolute atomic E-state index is 0.0546. The van der Waals surface area contributed by atoms with Crippen LogP contribution in [0.4, 0.5) is 0 Å². The van der Waals surface area contributed by atoms with Gasteiger partial charge in [0.05, 0.1) is 5.56 Å². The van der Waals surface area contributed by atoms with Crippen molar-refractivity contribution in [2.75, 3.05) is 0 Å². The fourth-order valence-corrected chi connectivity index (χ4v) is 3.53. The third kappa shape index (κ3) is 2.27. The molecule has 1 saturated heterocycles. The average Bonchev–Trinajstić information content (AvgIpc) is 3.18. The molecule has 2 aromatic heterocycles. The van der Waals surface area contributed by atoms with Crippen LogP contribution in [-0.2, 0) is 9.53 Å². The molecule has 3 aromatic rings. The van der Waals surface area contributed by atoms with Crippen LogP contribution in [0.1, 0.15) is 13.3 Å². The smallest absolute Gasteiger partial charge is 0.320 e. The summed E-state index contributed by atoms with van der Waals surface area (Å²) in [5.74, 6) is 0.226. The first-order valence-electron chi connectivity index (χ1n) is 6.98. The van der Waals surface area contributed by atoms with Gasteiger partial charge in [-0.3, -0.25) is 4.79 Å². The summed E-state index contributed by atoms with van der Waals surface area (Å²) in [7, 11) is 0. The molecule has 0 amide bonds. The molecule has 6 nitrogen and oxygen atoms in total. The van der Waals surface area contributed by atoms with E-state index in [2.05, 4.69) is 15.2 Å². The highest BCUT2D eigenvalue weighted by Crippen LogP contribution is 2.34. The first kappa shape index (κ1) is 13.4. The van der Waals surface area contributed by atoms with Gasteiger partial charge in [0, 0.05) is 23.5 Å². The average molecular weight is 315 g/mol. The molecular weight excluding hydrogens is 302 g/mol. The Balaban J connectivity index is 1.60. The van der Waals surface area contributed by atoms with Gasteiger partial charge in [0.1, 0.15) is 11.4 Å². The van der Waals surface area contributed by atoms with E-state index in [0.29, 0.717) is 17.5 Å². The van der Waals surface area contributed by atoms with Crippen molar-refractivity contribution in [1.82, 2.24) is 15.2 Å². The molecule has 0 bridgehead atoms. The largest absolute Gasteiger partial charge is 0.462 e. The Morgan fingerprint density at radius 1 is 1.32 bits per heavy atom. The summed E-state index contributed by atoms with van der Waals surface area (Å²) in [5.41, 5.74) is 1.87. The number of carbonyl (C=O) groups is 1. The number of ether oxygens (including phenoxy) is 1. The second-order valence-corrected chi connectivity index (χ2v) is 6.36. The van der Waals surface area contributed by atoms with E-state index in [1.165, 1.54) is 11.8 Å². The van der Waals surface area contributed by atoms with Gasteiger partial charge in [-0.1, -0.05) is 18.2 Å². The van der Waals surface area contributed by atoms with Crippen LogP contribution in [0.3, 0.4) is 0 Å². The molecule has 4 rings (SSSR count). The standard InChI is InChI=1S/C15H13N3O3S/c1-8-6-12(14(19)20-8)22-15-18-17-13(21-15)10-7-16-11-5-3-2-4-9(10)11/h2-5,7-8,12,16H,6H2,1H3/t8-,12+/m0/s1. The maximum Gasteiger partial charge on any atom is 0.320 e. The van der Waals surface area contributed by atoms with E-state index in [4.69, 9.17) is 9.15 Å². The molecule has 0 radical (unpaired) electrons. The number of hydrogen-bond donors (Lipinski definition) is 1. The lowest BCUT2D eigenvalue weighted by Crippen LogP contribution is -2.09. The summed E-state index contributed by atoms with van der Waals surface area (Å²) in [5, 5.41) is 9.25. The Bertz CT molecular complexity index is 841. The number of thioether (sulfide) groups is 1. The number of fused-ring (bicyclic) bond motifs is 1. The number of esters is 1. The number of carbonyl (C=O) groups excluding carboxylic acids is 1. The van der Waals surface area contributed by atoms with Crippen LogP contribution in [0.15, 0.2) is 40.1 Å². The van der Waals surface area contributed by atoms with Crippen LogP contribution >= 0.6 is 11.8 Å². The predicted molar refractivity (Wildman–Crippen MR) is 81.4 cm³/mol. The zero-order valence-electron chi connectivity index (χ0n) is 11.8. The van der Waals surface area contributed by atoms with Crippen molar-refractivity contribution in [2.24, 2.45) is 0 Å². The molecule has 0 saturated carbocycles. The molecule has 1 aliphatic rings. The summed E-state index contributed by atoms with van der Waals surface area (Å²) in [6, 6.07) is 7.90. The van der Waals surface area contributed by atoms with Crippen LogP contribution in [0.2, 0.25) is 0 Å². The number of nitrogens with one attached hydrogen (secondary N) is 1. The van der Waals surface area contributed by atoms with E-state index in [1.54, 1.807) is 0 Å². The maximum absolute atomic E-state index is 11.7. The van der Waals surface area contributed by atoms with Gasteiger partial charge in [-0.25, -0.2) is 0 Å². The molecule has 1 aliphatic heterocycles. The zero-order chi connectivity index (χ0) is 15.1. The monoisotopic (exact) mass is 315 g/mol. The van der Waals surface area contributed by atoms with Gasteiger partial charge in [-0.05, 0) is 24.8 Å². The van der Waals surface area contributed by atoms with Gasteiger partial charge in [0.2, 0.25) is 0 Å². The fourth-order valence-electron chi connectivity index (χ4n) is 2.55. The second kappa shape index (κ2) is 5.17. The van der Waals surface area contributed by atoms with Crippen molar-refractivity contribution < 1.29 is 13.9 Å². The molecule has 0 unspecified atom stereocenters. The van der Waals surface area contributed by atoms with Crippen LogP contribution < -0.4 is 0 Å². The number of hydrogen-bond acceptors (Lipinski definition) is 6. The third-order valence-electron chi connectivity index (χ3n) is 3.60. The highest BCUT2D eigenvalue weighted by Gasteiger charge is 2.34. The number of nitrogens with zero attached hydrogens (tertiary/aromatic N) is 2. The SMILES string of the molecule is C[C@H]1C[C@@H](Sc2nnc(-c3c[nH]c4ccccc34)o2)C(=O)O1. The van der Waals surface area contributed by atoms with Gasteiger partial charge in [-0.15, -0.1) is 10.2 Å². The molecule has 22 heavy (non-hydrogen) atoms. The van der Waals surface area contributed by atoms with Crippen molar-refractivity contribution in [3.63, 3.8) is 0 Å². The number of rotatable bonds is 3. The second-order valence-electron chi connectivity index (χ2n) is 5.21. The Kier molecular flexibility index (Phi) is 3.15. The highest BCUT2D eigenvalue weighted by atomic mass is 32.2. The van der Waals surface area contributed by atoms with Crippen LogP contribution in [0.5, 0.6) is 0 Å². The van der Waals surface area contributed by atoms with Crippen molar-refractivity contribution in [1.29, 1.82) is 0 Å². The van der Waals surface area contributed by atoms with E-state index < -0.39 is 0 Å².